The first-order valence-electron chi connectivity index (χ1n) is 9.94. The van der Waals surface area contributed by atoms with Gasteiger partial charge in [0.2, 0.25) is 11.8 Å². The number of hydrogen-bond acceptors (Lipinski definition) is 3. The lowest BCUT2D eigenvalue weighted by Gasteiger charge is -2.23. The van der Waals surface area contributed by atoms with E-state index in [2.05, 4.69) is 5.32 Å². The molecule has 1 aromatic rings. The van der Waals surface area contributed by atoms with Crippen molar-refractivity contribution in [3.8, 4) is 0 Å². The number of carbonyl (C=O) groups excluding carboxylic acids is 2. The Labute approximate surface area is 156 Å². The second-order valence-corrected chi connectivity index (χ2v) is 7.41. The van der Waals surface area contributed by atoms with Gasteiger partial charge in [0.05, 0.1) is 12.1 Å². The molecular weight excluding hydrogens is 328 g/mol. The van der Waals surface area contributed by atoms with Crippen LogP contribution in [0.3, 0.4) is 0 Å². The lowest BCUT2D eigenvalue weighted by Crippen LogP contribution is -2.39. The Hall–Kier alpha value is -1.88. The number of anilines is 1. The molecule has 5 heteroatoms. The van der Waals surface area contributed by atoms with Crippen LogP contribution in [0, 0.1) is 0 Å². The van der Waals surface area contributed by atoms with Crippen molar-refractivity contribution < 1.29 is 14.3 Å². The van der Waals surface area contributed by atoms with Crippen LogP contribution in [0.25, 0.3) is 0 Å². The minimum atomic E-state index is -0.385. The van der Waals surface area contributed by atoms with Crippen LogP contribution in [0.4, 0.5) is 5.69 Å². The van der Waals surface area contributed by atoms with Crippen molar-refractivity contribution in [2.24, 2.45) is 0 Å². The molecule has 2 fully saturated rings. The van der Waals surface area contributed by atoms with Gasteiger partial charge in [0.15, 0.2) is 0 Å². The highest BCUT2D eigenvalue weighted by Gasteiger charge is 2.26. The molecule has 1 aromatic carbocycles. The highest BCUT2D eigenvalue weighted by molar-refractivity contribution is 5.95. The summed E-state index contributed by atoms with van der Waals surface area (Å²) in [5.74, 6) is 0.129. The number of nitrogens with zero attached hydrogens (tertiary/aromatic N) is 1. The molecule has 26 heavy (non-hydrogen) atoms. The number of amides is 2. The summed E-state index contributed by atoms with van der Waals surface area (Å²) in [5, 5.41) is 3.08. The molecule has 1 saturated heterocycles. The van der Waals surface area contributed by atoms with Gasteiger partial charge in [0.1, 0.15) is 6.10 Å². The zero-order valence-electron chi connectivity index (χ0n) is 15.9. The number of carbonyl (C=O) groups is 2. The third kappa shape index (κ3) is 4.44. The van der Waals surface area contributed by atoms with Gasteiger partial charge in [-0.25, -0.2) is 0 Å². The Morgan fingerprint density at radius 2 is 2.08 bits per heavy atom. The summed E-state index contributed by atoms with van der Waals surface area (Å²) < 4.78 is 6.01. The van der Waals surface area contributed by atoms with Crippen molar-refractivity contribution in [2.45, 2.75) is 77.0 Å². The maximum atomic E-state index is 12.6. The van der Waals surface area contributed by atoms with E-state index in [1.807, 2.05) is 43.0 Å². The second kappa shape index (κ2) is 8.67. The number of nitrogens with one attached hydrogen (secondary N) is 1. The number of hydrogen-bond donors (Lipinski definition) is 1. The summed E-state index contributed by atoms with van der Waals surface area (Å²) in [6, 6.07) is 7.78. The van der Waals surface area contributed by atoms with Gasteiger partial charge in [-0.1, -0.05) is 31.9 Å². The summed E-state index contributed by atoms with van der Waals surface area (Å²) in [5.41, 5.74) is 1.92. The fourth-order valence-electron chi connectivity index (χ4n) is 3.87. The molecule has 1 aliphatic carbocycles. The molecule has 2 unspecified atom stereocenters. The van der Waals surface area contributed by atoms with Crippen molar-refractivity contribution in [2.75, 3.05) is 11.4 Å². The Morgan fingerprint density at radius 1 is 1.31 bits per heavy atom. The van der Waals surface area contributed by atoms with Crippen LogP contribution in [-0.2, 0) is 14.3 Å². The molecule has 3 rings (SSSR count). The second-order valence-electron chi connectivity index (χ2n) is 7.41. The Bertz CT molecular complexity index is 640. The third-order valence-electron chi connectivity index (χ3n) is 5.44. The first-order valence-corrected chi connectivity index (χ1v) is 9.94. The average Bonchev–Trinajstić information content (AvgIpc) is 3.31. The highest BCUT2D eigenvalue weighted by Crippen LogP contribution is 2.26. The van der Waals surface area contributed by atoms with Gasteiger partial charge in [0, 0.05) is 18.7 Å². The van der Waals surface area contributed by atoms with Crippen LogP contribution >= 0.6 is 0 Å². The molecule has 1 aliphatic heterocycles. The van der Waals surface area contributed by atoms with Crippen LogP contribution in [0.5, 0.6) is 0 Å². The van der Waals surface area contributed by atoms with E-state index < -0.39 is 0 Å². The van der Waals surface area contributed by atoms with Gasteiger partial charge in [-0.3, -0.25) is 9.59 Å². The summed E-state index contributed by atoms with van der Waals surface area (Å²) in [6.07, 6.45) is 6.56. The number of benzene rings is 1. The fraction of sp³-hybridized carbons (Fsp3) is 0.619. The molecule has 0 spiro atoms. The summed E-state index contributed by atoms with van der Waals surface area (Å²) in [7, 11) is 0. The van der Waals surface area contributed by atoms with Gasteiger partial charge >= 0.3 is 0 Å². The van der Waals surface area contributed by atoms with Gasteiger partial charge in [-0.15, -0.1) is 0 Å². The largest absolute Gasteiger partial charge is 0.365 e. The molecule has 1 N–H and O–H groups in total. The average molecular weight is 358 g/mol. The lowest BCUT2D eigenvalue weighted by molar-refractivity contribution is -0.137. The molecule has 1 saturated carbocycles. The van der Waals surface area contributed by atoms with Crippen LogP contribution in [-0.4, -0.2) is 30.6 Å². The molecule has 2 aliphatic rings. The predicted molar refractivity (Wildman–Crippen MR) is 102 cm³/mol. The van der Waals surface area contributed by atoms with Gasteiger partial charge in [-0.2, -0.15) is 0 Å². The van der Waals surface area contributed by atoms with E-state index in [-0.39, 0.29) is 30.1 Å². The van der Waals surface area contributed by atoms with Crippen LogP contribution < -0.4 is 10.2 Å². The lowest BCUT2D eigenvalue weighted by atomic mass is 10.1. The van der Waals surface area contributed by atoms with E-state index in [1.165, 1.54) is 12.8 Å². The van der Waals surface area contributed by atoms with Crippen LogP contribution in [0.15, 0.2) is 24.3 Å². The smallest absolute Gasteiger partial charge is 0.249 e. The molecular formula is C21H30N2O3. The maximum absolute atomic E-state index is 12.6. The topological polar surface area (TPSA) is 58.6 Å². The maximum Gasteiger partial charge on any atom is 0.249 e. The molecule has 2 atom stereocenters. The van der Waals surface area contributed by atoms with Crippen molar-refractivity contribution in [3.63, 3.8) is 0 Å². The first kappa shape index (κ1) is 18.9. The van der Waals surface area contributed by atoms with Crippen molar-refractivity contribution in [1.82, 2.24) is 5.32 Å². The summed E-state index contributed by atoms with van der Waals surface area (Å²) >= 11 is 0. The van der Waals surface area contributed by atoms with Crippen LogP contribution in [0.1, 0.15) is 70.4 Å². The first-order chi connectivity index (χ1) is 12.6. The quantitative estimate of drug-likeness (QED) is 0.808. The van der Waals surface area contributed by atoms with E-state index >= 15 is 0 Å². The van der Waals surface area contributed by atoms with Crippen molar-refractivity contribution >= 4 is 17.5 Å². The van der Waals surface area contributed by atoms with E-state index in [0.29, 0.717) is 12.8 Å². The van der Waals surface area contributed by atoms with E-state index in [9.17, 15) is 9.59 Å². The predicted octanol–water partition coefficient (Wildman–Crippen LogP) is 3.73. The molecule has 0 bridgehead atoms. The van der Waals surface area contributed by atoms with Crippen molar-refractivity contribution in [3.05, 3.63) is 29.8 Å². The monoisotopic (exact) mass is 358 g/mol. The third-order valence-corrected chi connectivity index (χ3v) is 5.44. The molecule has 0 radical (unpaired) electrons. The number of ether oxygens (including phenoxy) is 1. The number of rotatable bonds is 7. The zero-order chi connectivity index (χ0) is 18.5. The van der Waals surface area contributed by atoms with Gasteiger partial charge in [-0.05, 0) is 50.3 Å². The van der Waals surface area contributed by atoms with Crippen molar-refractivity contribution in [1.29, 1.82) is 0 Å². The Morgan fingerprint density at radius 3 is 2.73 bits per heavy atom. The van der Waals surface area contributed by atoms with E-state index in [0.717, 1.165) is 37.1 Å². The molecule has 2 amide bonds. The summed E-state index contributed by atoms with van der Waals surface area (Å²) in [4.78, 5) is 26.4. The molecule has 142 valence electrons. The van der Waals surface area contributed by atoms with Gasteiger partial charge in [0.25, 0.3) is 0 Å². The Balaban J connectivity index is 1.62. The summed E-state index contributed by atoms with van der Waals surface area (Å²) in [6.45, 7) is 4.74. The molecule has 1 heterocycles. The highest BCUT2D eigenvalue weighted by atomic mass is 16.5. The normalized spacial score (nSPS) is 20.4. The standard InChI is InChI=1S/C21H30N2O3/c1-3-19(26-18-10-4-5-11-18)21(25)22-15(2)16-8-6-9-17(14-16)23-13-7-12-20(23)24/h6,8-9,14-15,18-19H,3-5,7,10-13H2,1-2H3,(H,22,25). The fourth-order valence-corrected chi connectivity index (χ4v) is 3.87. The van der Waals surface area contributed by atoms with Gasteiger partial charge < -0.3 is 15.0 Å². The Kier molecular flexibility index (Phi) is 6.30. The zero-order valence-corrected chi connectivity index (χ0v) is 15.9. The molecule has 0 aromatic heterocycles. The SMILES string of the molecule is CCC(OC1CCCC1)C(=O)NC(C)c1cccc(N2CCCC2=O)c1. The van der Waals surface area contributed by atoms with E-state index in [1.54, 1.807) is 0 Å². The van der Waals surface area contributed by atoms with E-state index in [4.69, 9.17) is 4.74 Å². The minimum absolute atomic E-state index is 0.0467. The minimum Gasteiger partial charge on any atom is -0.365 e. The molecule has 5 nitrogen and oxygen atoms in total. The van der Waals surface area contributed by atoms with Crippen LogP contribution in [0.2, 0.25) is 0 Å².